The Kier molecular flexibility index (Phi) is 5.84. The van der Waals surface area contributed by atoms with Gasteiger partial charge in [0, 0.05) is 11.5 Å². The Bertz CT molecular complexity index is 997. The molecule has 0 heterocycles. The topological polar surface area (TPSA) is 74.6 Å². The highest BCUT2D eigenvalue weighted by Crippen LogP contribution is 2.54. The molecule has 0 bridgehead atoms. The van der Waals surface area contributed by atoms with Crippen LogP contribution in [-0.4, -0.2) is 21.8 Å². The van der Waals surface area contributed by atoms with Gasteiger partial charge in [0.1, 0.15) is 17.1 Å². The number of halogens is 3. The summed E-state index contributed by atoms with van der Waals surface area (Å²) in [7, 11) is 0. The minimum atomic E-state index is -4.55. The SMILES string of the molecule is CCC1=C(O)C(CC)(CC)C(=O)C(C(=O)C2CC2c2ccc(C)cc2C(F)(F)F)=C1O. The molecule has 2 N–H and O–H groups in total. The van der Waals surface area contributed by atoms with Crippen molar-refractivity contribution in [1.82, 2.24) is 0 Å². The van der Waals surface area contributed by atoms with Crippen LogP contribution in [0.4, 0.5) is 13.2 Å². The van der Waals surface area contributed by atoms with Crippen molar-refractivity contribution in [3.05, 3.63) is 57.6 Å². The minimum Gasteiger partial charge on any atom is -0.511 e. The Hall–Kier alpha value is -2.57. The molecule has 1 saturated carbocycles. The van der Waals surface area contributed by atoms with Gasteiger partial charge in [-0.15, -0.1) is 0 Å². The van der Waals surface area contributed by atoms with E-state index in [0.29, 0.717) is 5.56 Å². The van der Waals surface area contributed by atoms with Crippen LogP contribution in [0.1, 0.15) is 69.1 Å². The van der Waals surface area contributed by atoms with Gasteiger partial charge < -0.3 is 10.2 Å². The van der Waals surface area contributed by atoms with E-state index in [4.69, 9.17) is 0 Å². The van der Waals surface area contributed by atoms with Crippen molar-refractivity contribution in [2.45, 2.75) is 65.5 Å². The number of aryl methyl sites for hydroxylation is 1. The lowest BCUT2D eigenvalue weighted by molar-refractivity contribution is -0.138. The smallest absolute Gasteiger partial charge is 0.416 e. The second-order valence-electron chi connectivity index (χ2n) is 8.42. The highest BCUT2D eigenvalue weighted by atomic mass is 19.4. The maximum Gasteiger partial charge on any atom is 0.416 e. The normalized spacial score (nSPS) is 23.4. The summed E-state index contributed by atoms with van der Waals surface area (Å²) in [5, 5.41) is 21.3. The van der Waals surface area contributed by atoms with Crippen LogP contribution in [0.15, 0.2) is 40.9 Å². The van der Waals surface area contributed by atoms with Crippen molar-refractivity contribution in [1.29, 1.82) is 0 Å². The van der Waals surface area contributed by atoms with Gasteiger partial charge in [-0.25, -0.2) is 0 Å². The van der Waals surface area contributed by atoms with Crippen LogP contribution in [0.25, 0.3) is 0 Å². The summed E-state index contributed by atoms with van der Waals surface area (Å²) in [6.07, 6.45) is -3.67. The number of Topliss-reactive ketones (excluding diaryl/α,β-unsaturated/α-hetero) is 2. The van der Waals surface area contributed by atoms with E-state index in [0.717, 1.165) is 6.07 Å². The Morgan fingerprint density at radius 1 is 1.16 bits per heavy atom. The zero-order chi connectivity index (χ0) is 23.3. The summed E-state index contributed by atoms with van der Waals surface area (Å²) in [5.41, 5.74) is -1.81. The van der Waals surface area contributed by atoms with Gasteiger partial charge in [0.25, 0.3) is 0 Å². The molecule has 0 spiro atoms. The third-order valence-corrected chi connectivity index (χ3v) is 6.77. The molecule has 0 aromatic heterocycles. The van der Waals surface area contributed by atoms with Gasteiger partial charge in [0.15, 0.2) is 11.6 Å². The summed E-state index contributed by atoms with van der Waals surface area (Å²) in [6.45, 7) is 6.70. The van der Waals surface area contributed by atoms with Gasteiger partial charge in [0.2, 0.25) is 0 Å². The van der Waals surface area contributed by atoms with E-state index in [9.17, 15) is 33.0 Å². The number of carbonyl (C=O) groups excluding carboxylic acids is 2. The Balaban J connectivity index is 2.02. The fourth-order valence-corrected chi connectivity index (χ4v) is 4.73. The summed E-state index contributed by atoms with van der Waals surface area (Å²) >= 11 is 0. The molecular formula is C24H27F3O4. The van der Waals surface area contributed by atoms with Gasteiger partial charge in [-0.1, -0.05) is 38.5 Å². The van der Waals surface area contributed by atoms with Gasteiger partial charge in [-0.2, -0.15) is 13.2 Å². The van der Waals surface area contributed by atoms with E-state index in [1.54, 1.807) is 33.8 Å². The van der Waals surface area contributed by atoms with Crippen LogP contribution >= 0.6 is 0 Å². The van der Waals surface area contributed by atoms with E-state index in [-0.39, 0.29) is 48.2 Å². The Morgan fingerprint density at radius 3 is 2.29 bits per heavy atom. The molecule has 2 aliphatic carbocycles. The number of hydrogen-bond donors (Lipinski definition) is 2. The number of rotatable bonds is 6. The fourth-order valence-electron chi connectivity index (χ4n) is 4.73. The van der Waals surface area contributed by atoms with Crippen molar-refractivity contribution in [3.8, 4) is 0 Å². The second-order valence-corrected chi connectivity index (χ2v) is 8.42. The van der Waals surface area contributed by atoms with Gasteiger partial charge in [-0.3, -0.25) is 9.59 Å². The van der Waals surface area contributed by atoms with Crippen molar-refractivity contribution >= 4 is 11.6 Å². The molecule has 31 heavy (non-hydrogen) atoms. The summed E-state index contributed by atoms with van der Waals surface area (Å²) in [6, 6.07) is 4.02. The molecule has 2 aliphatic rings. The number of carbonyl (C=O) groups is 2. The first kappa shape index (κ1) is 23.1. The van der Waals surface area contributed by atoms with Crippen LogP contribution in [0.5, 0.6) is 0 Å². The molecular weight excluding hydrogens is 409 g/mol. The third kappa shape index (κ3) is 3.58. The van der Waals surface area contributed by atoms with E-state index < -0.39 is 46.3 Å². The maximum absolute atomic E-state index is 13.5. The average Bonchev–Trinajstić information content (AvgIpc) is 3.49. The summed E-state index contributed by atoms with van der Waals surface area (Å²) in [5.74, 6) is -3.54. The van der Waals surface area contributed by atoms with E-state index in [1.807, 2.05) is 0 Å². The number of aliphatic hydroxyl groups excluding tert-OH is 2. The number of allylic oxidation sites excluding steroid dienone is 3. The first-order chi connectivity index (χ1) is 14.4. The lowest BCUT2D eigenvalue weighted by Gasteiger charge is -2.35. The number of ketones is 2. The van der Waals surface area contributed by atoms with E-state index >= 15 is 0 Å². The number of alkyl halides is 3. The molecule has 4 nitrogen and oxygen atoms in total. The molecule has 1 fully saturated rings. The molecule has 7 heteroatoms. The zero-order valence-electron chi connectivity index (χ0n) is 18.1. The van der Waals surface area contributed by atoms with Crippen LogP contribution in [-0.2, 0) is 15.8 Å². The number of hydrogen-bond acceptors (Lipinski definition) is 4. The van der Waals surface area contributed by atoms with Crippen molar-refractivity contribution in [3.63, 3.8) is 0 Å². The lowest BCUT2D eigenvalue weighted by Crippen LogP contribution is -2.40. The van der Waals surface area contributed by atoms with Crippen LogP contribution < -0.4 is 0 Å². The van der Waals surface area contributed by atoms with Crippen LogP contribution in [0.2, 0.25) is 0 Å². The van der Waals surface area contributed by atoms with Gasteiger partial charge in [0.05, 0.1) is 11.0 Å². The Morgan fingerprint density at radius 2 is 1.77 bits per heavy atom. The minimum absolute atomic E-state index is 0.0335. The summed E-state index contributed by atoms with van der Waals surface area (Å²) in [4.78, 5) is 26.5. The van der Waals surface area contributed by atoms with Gasteiger partial charge >= 0.3 is 6.18 Å². The van der Waals surface area contributed by atoms with Gasteiger partial charge in [-0.05, 0) is 50.2 Å². The lowest BCUT2D eigenvalue weighted by atomic mass is 9.67. The molecule has 168 valence electrons. The molecule has 0 aliphatic heterocycles. The molecule has 1 aromatic rings. The fraction of sp³-hybridized carbons (Fsp3) is 0.500. The molecule has 2 unspecified atom stereocenters. The number of aliphatic hydroxyl groups is 2. The zero-order valence-corrected chi connectivity index (χ0v) is 18.1. The molecule has 3 rings (SSSR count). The average molecular weight is 436 g/mol. The number of benzene rings is 1. The molecule has 2 atom stereocenters. The molecule has 0 amide bonds. The van der Waals surface area contributed by atoms with Crippen molar-refractivity contribution in [2.24, 2.45) is 11.3 Å². The Labute approximate surface area is 179 Å². The van der Waals surface area contributed by atoms with E-state index in [2.05, 4.69) is 0 Å². The monoisotopic (exact) mass is 436 g/mol. The quantitative estimate of drug-likeness (QED) is 0.528. The predicted octanol–water partition coefficient (Wildman–Crippen LogP) is 6.11. The predicted molar refractivity (Wildman–Crippen MR) is 110 cm³/mol. The second kappa shape index (κ2) is 7.84. The van der Waals surface area contributed by atoms with Crippen LogP contribution in [0.3, 0.4) is 0 Å². The van der Waals surface area contributed by atoms with Crippen molar-refractivity contribution in [2.75, 3.05) is 0 Å². The summed E-state index contributed by atoms with van der Waals surface area (Å²) < 4.78 is 40.6. The molecule has 0 saturated heterocycles. The van der Waals surface area contributed by atoms with Crippen molar-refractivity contribution < 1.29 is 33.0 Å². The molecule has 0 radical (unpaired) electrons. The molecule has 1 aromatic carbocycles. The standard InChI is InChI=1S/C24H27F3O4/c1-5-13-19(28)18(22(31)23(6-2,7-3)21(13)30)20(29)16-11-15(16)14-9-8-12(4)10-17(14)24(25,26)27/h8-10,15-16,28,30H,5-7,11H2,1-4H3. The van der Waals surface area contributed by atoms with E-state index in [1.165, 1.54) is 6.07 Å². The highest BCUT2D eigenvalue weighted by molar-refractivity contribution is 6.25. The maximum atomic E-state index is 13.5. The van der Waals surface area contributed by atoms with Crippen LogP contribution in [0, 0.1) is 18.3 Å². The first-order valence-electron chi connectivity index (χ1n) is 10.6. The third-order valence-electron chi connectivity index (χ3n) is 6.77. The largest absolute Gasteiger partial charge is 0.511 e. The first-order valence-corrected chi connectivity index (χ1v) is 10.6. The highest BCUT2D eigenvalue weighted by Gasteiger charge is 2.54.